The van der Waals surface area contributed by atoms with E-state index < -0.39 is 16.3 Å². The standard InChI is InChI=1S/C27H27N3O3S/c1-34(32,33)30-26-23(27(31)29-24(20-16-17-20)18-10-4-2-5-11-18)21-14-8-9-15-22(21)28-25(26)19-12-6-3-7-13-19/h2-15,20,24,27,29-31H,16-17H2,1H3/t24-,27?/m1/s1. The molecule has 1 aliphatic carbocycles. The first kappa shape index (κ1) is 22.5. The number of hydrogen-bond acceptors (Lipinski definition) is 5. The van der Waals surface area contributed by atoms with Crippen molar-refractivity contribution in [3.63, 3.8) is 0 Å². The highest BCUT2D eigenvalue weighted by molar-refractivity contribution is 7.92. The maximum absolute atomic E-state index is 12.4. The third kappa shape index (κ3) is 4.82. The van der Waals surface area contributed by atoms with Gasteiger partial charge in [0.2, 0.25) is 10.0 Å². The van der Waals surface area contributed by atoms with Crippen molar-refractivity contribution in [2.75, 3.05) is 11.0 Å². The number of aliphatic hydroxyl groups excluding tert-OH is 1. The van der Waals surface area contributed by atoms with Crippen molar-refractivity contribution in [2.24, 2.45) is 5.92 Å². The molecule has 3 N–H and O–H groups in total. The number of nitrogens with one attached hydrogen (secondary N) is 2. The van der Waals surface area contributed by atoms with Crippen LogP contribution >= 0.6 is 0 Å². The van der Waals surface area contributed by atoms with Crippen LogP contribution in [0.5, 0.6) is 0 Å². The van der Waals surface area contributed by atoms with E-state index in [2.05, 4.69) is 22.2 Å². The van der Waals surface area contributed by atoms with Crippen molar-refractivity contribution in [2.45, 2.75) is 25.1 Å². The van der Waals surface area contributed by atoms with Crippen molar-refractivity contribution in [1.82, 2.24) is 10.3 Å². The van der Waals surface area contributed by atoms with E-state index in [1.165, 1.54) is 0 Å². The van der Waals surface area contributed by atoms with Crippen LogP contribution in [0.2, 0.25) is 0 Å². The van der Waals surface area contributed by atoms with Crippen LogP contribution in [0, 0.1) is 5.92 Å². The molecule has 2 atom stereocenters. The van der Waals surface area contributed by atoms with Crippen LogP contribution in [0.4, 0.5) is 5.69 Å². The predicted molar refractivity (Wildman–Crippen MR) is 136 cm³/mol. The quantitative estimate of drug-likeness (QED) is 0.313. The number of rotatable bonds is 8. The monoisotopic (exact) mass is 473 g/mol. The van der Waals surface area contributed by atoms with Crippen LogP contribution in [0.3, 0.4) is 0 Å². The molecule has 1 fully saturated rings. The molecule has 174 valence electrons. The molecule has 0 saturated heterocycles. The highest BCUT2D eigenvalue weighted by atomic mass is 32.2. The summed E-state index contributed by atoms with van der Waals surface area (Å²) in [4.78, 5) is 4.79. The molecule has 0 amide bonds. The van der Waals surface area contributed by atoms with Gasteiger partial charge < -0.3 is 5.11 Å². The van der Waals surface area contributed by atoms with Crippen molar-refractivity contribution < 1.29 is 13.5 Å². The third-order valence-electron chi connectivity index (χ3n) is 6.13. The number of pyridine rings is 1. The van der Waals surface area contributed by atoms with E-state index in [1.54, 1.807) is 0 Å². The number of anilines is 1. The van der Waals surface area contributed by atoms with Gasteiger partial charge in [0.25, 0.3) is 0 Å². The fourth-order valence-corrected chi connectivity index (χ4v) is 5.04. The number of para-hydroxylation sites is 1. The van der Waals surface area contributed by atoms with E-state index in [0.717, 1.165) is 30.2 Å². The second-order valence-electron chi connectivity index (χ2n) is 8.80. The number of benzene rings is 3. The van der Waals surface area contributed by atoms with Gasteiger partial charge in [-0.05, 0) is 30.4 Å². The van der Waals surface area contributed by atoms with Gasteiger partial charge in [-0.3, -0.25) is 10.0 Å². The lowest BCUT2D eigenvalue weighted by molar-refractivity contribution is 0.120. The van der Waals surface area contributed by atoms with E-state index in [1.807, 2.05) is 72.8 Å². The molecule has 0 aliphatic heterocycles. The Labute approximate surface area is 199 Å². The molecular formula is C27H27N3O3S. The summed E-state index contributed by atoms with van der Waals surface area (Å²) in [6.45, 7) is 0. The summed E-state index contributed by atoms with van der Waals surface area (Å²) in [5.41, 5.74) is 3.77. The normalized spacial score (nSPS) is 15.7. The summed E-state index contributed by atoms with van der Waals surface area (Å²) in [6.07, 6.45) is 2.16. The van der Waals surface area contributed by atoms with Gasteiger partial charge in [0.15, 0.2) is 0 Å². The Morgan fingerprint density at radius 2 is 1.53 bits per heavy atom. The highest BCUT2D eigenvalue weighted by Crippen LogP contribution is 2.44. The summed E-state index contributed by atoms with van der Waals surface area (Å²) >= 11 is 0. The Balaban J connectivity index is 1.69. The Hall–Kier alpha value is -3.26. The Morgan fingerprint density at radius 1 is 0.912 bits per heavy atom. The first-order valence-electron chi connectivity index (χ1n) is 11.4. The lowest BCUT2D eigenvalue weighted by Gasteiger charge is -2.27. The number of aromatic nitrogens is 1. The average Bonchev–Trinajstić information content (AvgIpc) is 3.67. The summed E-state index contributed by atoms with van der Waals surface area (Å²) in [6, 6.07) is 26.9. The molecular weight excluding hydrogens is 446 g/mol. The van der Waals surface area contributed by atoms with Crippen molar-refractivity contribution in [3.05, 3.63) is 96.1 Å². The van der Waals surface area contributed by atoms with E-state index >= 15 is 0 Å². The summed E-state index contributed by atoms with van der Waals surface area (Å²) in [5, 5.41) is 15.7. The molecule has 34 heavy (non-hydrogen) atoms. The number of fused-ring (bicyclic) bond motifs is 1. The molecule has 6 nitrogen and oxygen atoms in total. The zero-order valence-corrected chi connectivity index (χ0v) is 19.7. The molecule has 0 radical (unpaired) electrons. The van der Waals surface area contributed by atoms with Crippen molar-refractivity contribution >= 4 is 26.6 Å². The maximum Gasteiger partial charge on any atom is 0.229 e. The summed E-state index contributed by atoms with van der Waals surface area (Å²) < 4.78 is 27.5. The van der Waals surface area contributed by atoms with Gasteiger partial charge >= 0.3 is 0 Å². The molecule has 1 aromatic heterocycles. The SMILES string of the molecule is CS(=O)(=O)Nc1c(-c2ccccc2)nc2ccccc2c1C(O)N[C@H](c1ccccc1)C1CC1. The van der Waals surface area contributed by atoms with Gasteiger partial charge in [0.1, 0.15) is 6.23 Å². The number of nitrogens with zero attached hydrogens (tertiary/aromatic N) is 1. The van der Waals surface area contributed by atoms with E-state index in [9.17, 15) is 13.5 Å². The van der Waals surface area contributed by atoms with Crippen LogP contribution in [0.25, 0.3) is 22.2 Å². The molecule has 1 saturated carbocycles. The predicted octanol–water partition coefficient (Wildman–Crippen LogP) is 5.01. The number of aliphatic hydroxyl groups is 1. The Morgan fingerprint density at radius 3 is 2.18 bits per heavy atom. The highest BCUT2D eigenvalue weighted by Gasteiger charge is 2.35. The first-order valence-corrected chi connectivity index (χ1v) is 13.2. The lowest BCUT2D eigenvalue weighted by Crippen LogP contribution is -2.29. The summed E-state index contributed by atoms with van der Waals surface area (Å²) in [7, 11) is -3.65. The lowest BCUT2D eigenvalue weighted by atomic mass is 9.98. The van der Waals surface area contributed by atoms with Crippen LogP contribution < -0.4 is 10.0 Å². The van der Waals surface area contributed by atoms with Gasteiger partial charge in [-0.1, -0.05) is 78.9 Å². The fraction of sp³-hybridized carbons (Fsp3) is 0.222. The topological polar surface area (TPSA) is 91.3 Å². The second-order valence-corrected chi connectivity index (χ2v) is 10.5. The van der Waals surface area contributed by atoms with Gasteiger partial charge in [0, 0.05) is 22.6 Å². The number of hydrogen-bond donors (Lipinski definition) is 3. The molecule has 0 spiro atoms. The Bertz CT molecular complexity index is 1410. The molecule has 7 heteroatoms. The maximum atomic E-state index is 12.4. The van der Waals surface area contributed by atoms with Gasteiger partial charge in [-0.25, -0.2) is 13.4 Å². The molecule has 0 bridgehead atoms. The molecule has 5 rings (SSSR count). The minimum atomic E-state index is -3.65. The third-order valence-corrected chi connectivity index (χ3v) is 6.71. The molecule has 1 heterocycles. The van der Waals surface area contributed by atoms with Crippen LogP contribution in [0.1, 0.15) is 36.2 Å². The molecule has 1 unspecified atom stereocenters. The van der Waals surface area contributed by atoms with Crippen LogP contribution in [-0.4, -0.2) is 24.8 Å². The van der Waals surface area contributed by atoms with E-state index in [4.69, 9.17) is 4.98 Å². The minimum Gasteiger partial charge on any atom is -0.374 e. The number of sulfonamides is 1. The molecule has 4 aromatic rings. The zero-order valence-electron chi connectivity index (χ0n) is 18.8. The molecule has 1 aliphatic rings. The van der Waals surface area contributed by atoms with Gasteiger partial charge in [-0.2, -0.15) is 0 Å². The largest absolute Gasteiger partial charge is 0.374 e. The second kappa shape index (κ2) is 9.18. The van der Waals surface area contributed by atoms with E-state index in [0.29, 0.717) is 28.1 Å². The van der Waals surface area contributed by atoms with Crippen molar-refractivity contribution in [3.8, 4) is 11.3 Å². The summed E-state index contributed by atoms with van der Waals surface area (Å²) in [5.74, 6) is 0.421. The van der Waals surface area contributed by atoms with Gasteiger partial charge in [0.05, 0.1) is 23.2 Å². The Kier molecular flexibility index (Phi) is 6.08. The fourth-order valence-electron chi connectivity index (χ4n) is 4.46. The first-order chi connectivity index (χ1) is 16.4. The zero-order chi connectivity index (χ0) is 23.7. The minimum absolute atomic E-state index is 0.0469. The van der Waals surface area contributed by atoms with Crippen molar-refractivity contribution in [1.29, 1.82) is 0 Å². The van der Waals surface area contributed by atoms with Crippen LogP contribution in [0.15, 0.2) is 84.9 Å². The smallest absolute Gasteiger partial charge is 0.229 e. The van der Waals surface area contributed by atoms with E-state index in [-0.39, 0.29) is 11.7 Å². The van der Waals surface area contributed by atoms with Gasteiger partial charge in [-0.15, -0.1) is 0 Å². The average molecular weight is 474 g/mol. The van der Waals surface area contributed by atoms with Crippen LogP contribution in [-0.2, 0) is 10.0 Å². The molecule has 3 aromatic carbocycles.